The lowest BCUT2D eigenvalue weighted by Gasteiger charge is -2.41. The molecule has 3 N–H and O–H groups in total. The third-order valence-corrected chi connectivity index (χ3v) is 5.80. The van der Waals surface area contributed by atoms with Crippen molar-refractivity contribution in [1.29, 1.82) is 0 Å². The van der Waals surface area contributed by atoms with Gasteiger partial charge >= 0.3 is 0 Å². The fraction of sp³-hybridized carbons (Fsp3) is 0.333. The smallest absolute Gasteiger partial charge is 0.222 e. The van der Waals surface area contributed by atoms with Crippen LogP contribution in [0.3, 0.4) is 0 Å². The Labute approximate surface area is 186 Å². The molecule has 1 unspecified atom stereocenters. The maximum absolute atomic E-state index is 6.21. The molecule has 2 aromatic rings. The molecule has 158 valence electrons. The molecule has 30 heavy (non-hydrogen) atoms. The van der Waals surface area contributed by atoms with E-state index in [4.69, 9.17) is 33.7 Å². The predicted molar refractivity (Wildman–Crippen MR) is 124 cm³/mol. The second kappa shape index (κ2) is 9.12. The summed E-state index contributed by atoms with van der Waals surface area (Å²) in [5.74, 6) is 0.961. The molecular weight excluding hydrogens is 423 g/mol. The average molecular weight is 447 g/mol. The molecule has 1 saturated heterocycles. The third-order valence-electron chi connectivity index (χ3n) is 5.06. The van der Waals surface area contributed by atoms with Gasteiger partial charge in [0.15, 0.2) is 0 Å². The van der Waals surface area contributed by atoms with E-state index in [-0.39, 0.29) is 5.96 Å². The van der Waals surface area contributed by atoms with E-state index in [9.17, 15) is 0 Å². The first kappa shape index (κ1) is 20.8. The molecule has 0 amide bonds. The van der Waals surface area contributed by atoms with Gasteiger partial charge in [-0.25, -0.2) is 4.99 Å². The number of benzene rings is 2. The second-order valence-electron chi connectivity index (χ2n) is 7.04. The number of hydrogen-bond acceptors (Lipinski definition) is 7. The summed E-state index contributed by atoms with van der Waals surface area (Å²) in [6.07, 6.45) is 0.478. The van der Waals surface area contributed by atoms with Crippen molar-refractivity contribution < 1.29 is 4.74 Å². The zero-order valence-corrected chi connectivity index (χ0v) is 18.2. The Bertz CT molecular complexity index is 956. The molecule has 0 aromatic heterocycles. The number of nitrogens with zero attached hydrogens (tertiary/aromatic N) is 4. The number of nitrogens with two attached hydrogens (primary N) is 1. The summed E-state index contributed by atoms with van der Waals surface area (Å²) in [6.45, 7) is 4.88. The fourth-order valence-corrected chi connectivity index (χ4v) is 3.74. The van der Waals surface area contributed by atoms with Gasteiger partial charge in [-0.2, -0.15) is 4.99 Å². The summed E-state index contributed by atoms with van der Waals surface area (Å²) in [7, 11) is 0. The number of rotatable bonds is 4. The first-order chi connectivity index (χ1) is 14.5. The van der Waals surface area contributed by atoms with Crippen LogP contribution in [0.2, 0.25) is 10.0 Å². The first-order valence-corrected chi connectivity index (χ1v) is 10.6. The maximum atomic E-state index is 6.21. The Morgan fingerprint density at radius 2 is 1.83 bits per heavy atom. The molecule has 4 rings (SSSR count). The van der Waals surface area contributed by atoms with Gasteiger partial charge < -0.3 is 20.7 Å². The van der Waals surface area contributed by atoms with E-state index in [2.05, 4.69) is 51.4 Å². The summed E-state index contributed by atoms with van der Waals surface area (Å²) >= 11 is 12.3. The van der Waals surface area contributed by atoms with Crippen LogP contribution >= 0.6 is 23.2 Å². The molecule has 0 aliphatic carbocycles. The molecule has 2 heterocycles. The van der Waals surface area contributed by atoms with Gasteiger partial charge in [0.1, 0.15) is 0 Å². The van der Waals surface area contributed by atoms with Gasteiger partial charge in [-0.15, -0.1) is 0 Å². The number of halogens is 2. The lowest BCUT2D eigenvalue weighted by molar-refractivity contribution is 0.0671. The monoisotopic (exact) mass is 446 g/mol. The number of hydrogen-bond donors (Lipinski definition) is 2. The number of guanidine groups is 2. The van der Waals surface area contributed by atoms with Gasteiger partial charge in [-0.05, 0) is 42.3 Å². The van der Waals surface area contributed by atoms with Crippen molar-refractivity contribution in [1.82, 2.24) is 4.90 Å². The van der Waals surface area contributed by atoms with Gasteiger partial charge in [0, 0.05) is 24.5 Å². The Morgan fingerprint density at radius 3 is 2.50 bits per heavy atom. The highest BCUT2D eigenvalue weighted by Gasteiger charge is 2.32. The van der Waals surface area contributed by atoms with Crippen molar-refractivity contribution in [2.75, 3.05) is 36.5 Å². The SMILES string of the molecule is CCc1ccc(N2C(N3CCOCC3)=NC(N)=NC2Nc2ccc(Cl)c(Cl)c2)cc1. The van der Waals surface area contributed by atoms with Crippen molar-refractivity contribution in [2.24, 2.45) is 15.7 Å². The van der Waals surface area contributed by atoms with Crippen molar-refractivity contribution in [3.8, 4) is 0 Å². The molecule has 0 saturated carbocycles. The zero-order valence-electron chi connectivity index (χ0n) is 16.7. The van der Waals surface area contributed by atoms with E-state index in [0.29, 0.717) is 23.3 Å². The van der Waals surface area contributed by atoms with Gasteiger partial charge in [-0.1, -0.05) is 42.3 Å². The Kier molecular flexibility index (Phi) is 6.32. The van der Waals surface area contributed by atoms with Gasteiger partial charge in [-0.3, -0.25) is 4.90 Å². The minimum Gasteiger partial charge on any atom is -0.378 e. The summed E-state index contributed by atoms with van der Waals surface area (Å²) in [5.41, 5.74) is 9.11. The van der Waals surface area contributed by atoms with Crippen molar-refractivity contribution in [2.45, 2.75) is 19.6 Å². The molecule has 9 heteroatoms. The molecular formula is C21H24Cl2N6O. The van der Waals surface area contributed by atoms with Crippen LogP contribution in [0.1, 0.15) is 12.5 Å². The molecule has 7 nitrogen and oxygen atoms in total. The first-order valence-electron chi connectivity index (χ1n) is 9.89. The lowest BCUT2D eigenvalue weighted by atomic mass is 10.1. The standard InChI is InChI=1S/C21H24Cl2N6O/c1-2-14-3-6-16(7-4-14)29-20(25-15-5-8-17(22)18(23)13-15)26-19(24)27-21(29)28-9-11-30-12-10-28/h3-8,13,20,25H,2,9-12H2,1H3,(H2,24,26). The Hall–Kier alpha value is -2.48. The quantitative estimate of drug-likeness (QED) is 0.746. The molecule has 0 radical (unpaired) electrons. The summed E-state index contributed by atoms with van der Waals surface area (Å²) in [6, 6.07) is 13.8. The number of anilines is 2. The molecule has 2 aliphatic heterocycles. The van der Waals surface area contributed by atoms with E-state index in [0.717, 1.165) is 36.8 Å². The minimum absolute atomic E-state index is 0.218. The molecule has 1 atom stereocenters. The molecule has 2 aliphatic rings. The van der Waals surface area contributed by atoms with Crippen molar-refractivity contribution in [3.63, 3.8) is 0 Å². The summed E-state index contributed by atoms with van der Waals surface area (Å²) < 4.78 is 5.52. The topological polar surface area (TPSA) is 78.5 Å². The van der Waals surface area contributed by atoms with E-state index >= 15 is 0 Å². The Balaban J connectivity index is 1.71. The fourth-order valence-electron chi connectivity index (χ4n) is 3.44. The van der Waals surface area contributed by atoms with Crippen LogP contribution in [0.15, 0.2) is 52.4 Å². The van der Waals surface area contributed by atoms with Crippen LogP contribution in [0.5, 0.6) is 0 Å². The highest BCUT2D eigenvalue weighted by atomic mass is 35.5. The van der Waals surface area contributed by atoms with E-state index in [1.807, 2.05) is 11.0 Å². The number of nitrogens with one attached hydrogen (secondary N) is 1. The number of aliphatic imine (C=N–C) groups is 2. The minimum atomic E-state index is -0.495. The molecule has 0 bridgehead atoms. The van der Waals surface area contributed by atoms with Gasteiger partial charge in [0.25, 0.3) is 0 Å². The largest absolute Gasteiger partial charge is 0.378 e. The van der Waals surface area contributed by atoms with Crippen LogP contribution in [0, 0.1) is 0 Å². The normalized spacial score (nSPS) is 19.4. The maximum Gasteiger partial charge on any atom is 0.222 e. The third kappa shape index (κ3) is 4.48. The van der Waals surface area contributed by atoms with Crippen LogP contribution in [-0.2, 0) is 11.2 Å². The zero-order chi connectivity index (χ0) is 21.1. The van der Waals surface area contributed by atoms with Crippen LogP contribution in [0.4, 0.5) is 11.4 Å². The van der Waals surface area contributed by atoms with Crippen LogP contribution in [-0.4, -0.2) is 49.4 Å². The summed E-state index contributed by atoms with van der Waals surface area (Å²) in [5, 5.41) is 4.37. The Morgan fingerprint density at radius 1 is 1.10 bits per heavy atom. The average Bonchev–Trinajstić information content (AvgIpc) is 2.77. The van der Waals surface area contributed by atoms with Crippen LogP contribution in [0.25, 0.3) is 0 Å². The summed E-state index contributed by atoms with van der Waals surface area (Å²) in [4.78, 5) is 13.4. The molecule has 2 aromatic carbocycles. The highest BCUT2D eigenvalue weighted by molar-refractivity contribution is 6.42. The molecule has 1 fully saturated rings. The number of ether oxygens (including phenoxy) is 1. The molecule has 0 spiro atoms. The van der Waals surface area contributed by atoms with Crippen molar-refractivity contribution in [3.05, 3.63) is 58.1 Å². The van der Waals surface area contributed by atoms with E-state index < -0.39 is 6.29 Å². The van der Waals surface area contributed by atoms with Crippen LogP contribution < -0.4 is 16.0 Å². The lowest BCUT2D eigenvalue weighted by Crippen LogP contribution is -2.57. The number of aryl methyl sites for hydroxylation is 1. The second-order valence-corrected chi connectivity index (χ2v) is 7.85. The van der Waals surface area contributed by atoms with E-state index in [1.165, 1.54) is 5.56 Å². The van der Waals surface area contributed by atoms with Gasteiger partial charge in [0.05, 0.1) is 23.3 Å². The van der Waals surface area contributed by atoms with E-state index in [1.54, 1.807) is 12.1 Å². The number of morpholine rings is 1. The highest BCUT2D eigenvalue weighted by Crippen LogP contribution is 2.28. The predicted octanol–water partition coefficient (Wildman–Crippen LogP) is 3.77. The van der Waals surface area contributed by atoms with Gasteiger partial charge in [0.2, 0.25) is 18.2 Å². The van der Waals surface area contributed by atoms with Crippen molar-refractivity contribution >= 4 is 46.5 Å².